The first-order valence-corrected chi connectivity index (χ1v) is 8.15. The molecule has 0 radical (unpaired) electrons. The highest BCUT2D eigenvalue weighted by atomic mass is 32.1. The topological polar surface area (TPSA) is 61.2 Å². The smallest absolute Gasteiger partial charge is 0.309 e. The Bertz CT molecular complexity index is 718. The number of rotatable bonds is 5. The number of ketones is 1. The summed E-state index contributed by atoms with van der Waals surface area (Å²) in [5.41, 5.74) is 2.36. The molecule has 0 unspecified atom stereocenters. The van der Waals surface area contributed by atoms with Crippen LogP contribution >= 0.6 is 11.3 Å². The van der Waals surface area contributed by atoms with E-state index in [1.807, 2.05) is 36.8 Å². The number of carbonyl (C=O) groups is 2. The van der Waals surface area contributed by atoms with Crippen molar-refractivity contribution in [1.29, 1.82) is 0 Å². The van der Waals surface area contributed by atoms with Gasteiger partial charge >= 0.3 is 5.97 Å². The summed E-state index contributed by atoms with van der Waals surface area (Å²) in [5, 5.41) is 2.73. The molecule has 2 aromatic heterocycles. The van der Waals surface area contributed by atoms with E-state index in [2.05, 4.69) is 4.98 Å². The largest absolute Gasteiger partial charge is 0.457 e. The minimum absolute atomic E-state index is 0.0180. The van der Waals surface area contributed by atoms with Gasteiger partial charge in [-0.15, -0.1) is 11.3 Å². The zero-order chi connectivity index (χ0) is 15.9. The number of ether oxygens (including phenoxy) is 1. The van der Waals surface area contributed by atoms with E-state index in [0.717, 1.165) is 22.9 Å². The third-order valence-corrected chi connectivity index (χ3v) is 4.86. The standard InChI is InChI=1S/C16H18N2O3S/c1-9-6-12(9)15(20)21-8-14(19)13-7-10(2)18(11(13)3)16-17-4-5-22-16/h4-5,7,9,12H,6,8H2,1-3H3/t9-,12+/m0/s1. The zero-order valence-electron chi connectivity index (χ0n) is 12.8. The van der Waals surface area contributed by atoms with Gasteiger partial charge < -0.3 is 4.74 Å². The van der Waals surface area contributed by atoms with Crippen molar-refractivity contribution in [3.05, 3.63) is 34.6 Å². The Morgan fingerprint density at radius 3 is 2.77 bits per heavy atom. The fourth-order valence-corrected chi connectivity index (χ4v) is 3.39. The molecule has 3 rings (SSSR count). The summed E-state index contributed by atoms with van der Waals surface area (Å²) in [6.07, 6.45) is 2.60. The van der Waals surface area contributed by atoms with E-state index in [4.69, 9.17) is 4.74 Å². The number of thiazole rings is 1. The number of aromatic nitrogens is 2. The van der Waals surface area contributed by atoms with Crippen molar-refractivity contribution < 1.29 is 14.3 Å². The van der Waals surface area contributed by atoms with Crippen molar-refractivity contribution in [3.8, 4) is 5.13 Å². The molecule has 0 spiro atoms. The van der Waals surface area contributed by atoms with Gasteiger partial charge in [0.1, 0.15) is 0 Å². The second-order valence-electron chi connectivity index (χ2n) is 5.79. The number of nitrogens with zero attached hydrogens (tertiary/aromatic N) is 2. The predicted octanol–water partition coefficient (Wildman–Crippen LogP) is 2.93. The van der Waals surface area contributed by atoms with Crippen molar-refractivity contribution in [2.75, 3.05) is 6.61 Å². The first-order valence-electron chi connectivity index (χ1n) is 7.27. The number of aryl methyl sites for hydroxylation is 1. The Morgan fingerprint density at radius 1 is 1.45 bits per heavy atom. The van der Waals surface area contributed by atoms with Gasteiger partial charge in [-0.1, -0.05) is 6.92 Å². The first kappa shape index (κ1) is 15.0. The van der Waals surface area contributed by atoms with Crippen molar-refractivity contribution in [2.24, 2.45) is 11.8 Å². The van der Waals surface area contributed by atoms with Crippen LogP contribution in [0.1, 0.15) is 35.1 Å². The summed E-state index contributed by atoms with van der Waals surface area (Å²) in [6, 6.07) is 1.83. The average Bonchev–Trinajstić information content (AvgIpc) is 2.87. The molecule has 0 saturated heterocycles. The molecule has 2 atom stereocenters. The molecule has 22 heavy (non-hydrogen) atoms. The molecule has 0 aromatic carbocycles. The van der Waals surface area contributed by atoms with Gasteiger partial charge in [-0.2, -0.15) is 0 Å². The molecule has 0 bridgehead atoms. The highest BCUT2D eigenvalue weighted by Crippen LogP contribution is 2.38. The lowest BCUT2D eigenvalue weighted by molar-refractivity contribution is -0.144. The summed E-state index contributed by atoms with van der Waals surface area (Å²) >= 11 is 1.52. The number of esters is 1. The van der Waals surface area contributed by atoms with Gasteiger partial charge in [0.15, 0.2) is 11.7 Å². The van der Waals surface area contributed by atoms with Crippen molar-refractivity contribution in [3.63, 3.8) is 0 Å². The second-order valence-corrected chi connectivity index (χ2v) is 6.66. The van der Waals surface area contributed by atoms with Crippen LogP contribution in [0.4, 0.5) is 0 Å². The average molecular weight is 318 g/mol. The summed E-state index contributed by atoms with van der Waals surface area (Å²) in [7, 11) is 0. The quantitative estimate of drug-likeness (QED) is 0.628. The fraction of sp³-hybridized carbons (Fsp3) is 0.438. The monoisotopic (exact) mass is 318 g/mol. The predicted molar refractivity (Wildman–Crippen MR) is 83.5 cm³/mol. The maximum absolute atomic E-state index is 12.3. The number of hydrogen-bond acceptors (Lipinski definition) is 5. The van der Waals surface area contributed by atoms with Crippen LogP contribution in [0.2, 0.25) is 0 Å². The Balaban J connectivity index is 1.73. The minimum atomic E-state index is -0.255. The van der Waals surface area contributed by atoms with Gasteiger partial charge in [-0.25, -0.2) is 4.98 Å². The molecule has 1 fully saturated rings. The Morgan fingerprint density at radius 2 is 2.18 bits per heavy atom. The molecule has 1 aliphatic rings. The molecule has 116 valence electrons. The van der Waals surface area contributed by atoms with Gasteiger partial charge in [0.25, 0.3) is 0 Å². The van der Waals surface area contributed by atoms with E-state index in [0.29, 0.717) is 11.5 Å². The maximum Gasteiger partial charge on any atom is 0.309 e. The van der Waals surface area contributed by atoms with Gasteiger partial charge in [-0.3, -0.25) is 14.2 Å². The SMILES string of the molecule is Cc1cc(C(=O)COC(=O)[C@@H]2C[C@@H]2C)c(C)n1-c1nccs1. The Labute approximate surface area is 132 Å². The summed E-state index contributed by atoms with van der Waals surface area (Å²) in [4.78, 5) is 28.3. The fourth-order valence-electron chi connectivity index (χ4n) is 2.64. The molecule has 2 heterocycles. The highest BCUT2D eigenvalue weighted by Gasteiger charge is 2.40. The van der Waals surface area contributed by atoms with Gasteiger partial charge in [-0.05, 0) is 32.3 Å². The lowest BCUT2D eigenvalue weighted by Crippen LogP contribution is -2.16. The van der Waals surface area contributed by atoms with Crippen LogP contribution in [0.25, 0.3) is 5.13 Å². The van der Waals surface area contributed by atoms with Crippen LogP contribution in [0.5, 0.6) is 0 Å². The summed E-state index contributed by atoms with van der Waals surface area (Å²) in [6.45, 7) is 5.63. The molecular weight excluding hydrogens is 300 g/mol. The minimum Gasteiger partial charge on any atom is -0.457 e. The maximum atomic E-state index is 12.3. The third-order valence-electron chi connectivity index (χ3n) is 4.10. The summed E-state index contributed by atoms with van der Waals surface area (Å²) in [5.74, 6) is -0.0553. The lowest BCUT2D eigenvalue weighted by Gasteiger charge is -2.06. The molecule has 0 aliphatic heterocycles. The van der Waals surface area contributed by atoms with Gasteiger partial charge in [0.05, 0.1) is 5.92 Å². The molecule has 1 saturated carbocycles. The highest BCUT2D eigenvalue weighted by molar-refractivity contribution is 7.12. The molecule has 2 aromatic rings. The molecule has 5 nitrogen and oxygen atoms in total. The van der Waals surface area contributed by atoms with E-state index in [1.54, 1.807) is 6.20 Å². The van der Waals surface area contributed by atoms with E-state index < -0.39 is 0 Å². The first-order chi connectivity index (χ1) is 10.5. The Hall–Kier alpha value is -1.95. The van der Waals surface area contributed by atoms with Crippen LogP contribution in [-0.4, -0.2) is 27.9 Å². The van der Waals surface area contributed by atoms with E-state index >= 15 is 0 Å². The van der Waals surface area contributed by atoms with Crippen molar-refractivity contribution >= 4 is 23.1 Å². The molecule has 0 N–H and O–H groups in total. The molecule has 0 amide bonds. The zero-order valence-corrected chi connectivity index (χ0v) is 13.6. The van der Waals surface area contributed by atoms with Crippen molar-refractivity contribution in [2.45, 2.75) is 27.2 Å². The van der Waals surface area contributed by atoms with Gasteiger partial charge in [0, 0.05) is 28.5 Å². The van der Waals surface area contributed by atoms with E-state index in [9.17, 15) is 9.59 Å². The van der Waals surface area contributed by atoms with E-state index in [-0.39, 0.29) is 24.3 Å². The normalized spacial score (nSPS) is 20.0. The number of carbonyl (C=O) groups excluding carboxylic acids is 2. The van der Waals surface area contributed by atoms with Crippen LogP contribution in [0.15, 0.2) is 17.6 Å². The van der Waals surface area contributed by atoms with Crippen LogP contribution < -0.4 is 0 Å². The third kappa shape index (κ3) is 2.70. The van der Waals surface area contributed by atoms with E-state index in [1.165, 1.54) is 11.3 Å². The Kier molecular flexibility index (Phi) is 3.87. The molecule has 6 heteroatoms. The van der Waals surface area contributed by atoms with Crippen LogP contribution in [0.3, 0.4) is 0 Å². The number of Topliss-reactive ketones (excluding diaryl/α,β-unsaturated/α-hetero) is 1. The molecular formula is C16H18N2O3S. The summed E-state index contributed by atoms with van der Waals surface area (Å²) < 4.78 is 7.08. The lowest BCUT2D eigenvalue weighted by atomic mass is 10.1. The second kappa shape index (κ2) is 5.68. The van der Waals surface area contributed by atoms with Crippen LogP contribution in [-0.2, 0) is 9.53 Å². The molecule has 1 aliphatic carbocycles. The van der Waals surface area contributed by atoms with Crippen molar-refractivity contribution in [1.82, 2.24) is 9.55 Å². The van der Waals surface area contributed by atoms with Gasteiger partial charge in [0.2, 0.25) is 5.78 Å². The number of hydrogen-bond donors (Lipinski definition) is 0. The van der Waals surface area contributed by atoms with Crippen LogP contribution in [0, 0.1) is 25.7 Å².